The zero-order chi connectivity index (χ0) is 23.6. The number of amides is 2. The van der Waals surface area contributed by atoms with Crippen LogP contribution in [0.2, 0.25) is 0 Å². The number of halogens is 1. The number of hydrogen-bond donors (Lipinski definition) is 0. The van der Waals surface area contributed by atoms with Crippen LogP contribution in [-0.4, -0.2) is 65.3 Å². The first-order valence-corrected chi connectivity index (χ1v) is 11.6. The molecule has 1 aromatic heterocycles. The van der Waals surface area contributed by atoms with Gasteiger partial charge in [-0.05, 0) is 49.8 Å². The molecule has 176 valence electrons. The molecule has 0 spiro atoms. The molecule has 1 unspecified atom stereocenters. The number of piperidine rings is 1. The normalized spacial score (nSPS) is 20.1. The summed E-state index contributed by atoms with van der Waals surface area (Å²) in [5, 5.41) is 0. The number of rotatable bonds is 5. The van der Waals surface area contributed by atoms with E-state index < -0.39 is 5.41 Å². The average molecular weight is 454 g/mol. The summed E-state index contributed by atoms with van der Waals surface area (Å²) in [6.07, 6.45) is 6.96. The van der Waals surface area contributed by atoms with Gasteiger partial charge in [0.15, 0.2) is 0 Å². The molecular formula is C25H32FN5O2. The van der Waals surface area contributed by atoms with E-state index in [1.54, 1.807) is 31.5 Å². The molecule has 0 bridgehead atoms. The van der Waals surface area contributed by atoms with Crippen molar-refractivity contribution >= 4 is 17.6 Å². The third-order valence-corrected chi connectivity index (χ3v) is 7.03. The van der Waals surface area contributed by atoms with Crippen LogP contribution in [0.4, 0.5) is 10.2 Å². The summed E-state index contributed by atoms with van der Waals surface area (Å²) in [7, 11) is 3.84. The highest BCUT2D eigenvalue weighted by molar-refractivity contribution is 5.84. The molecule has 2 amide bonds. The van der Waals surface area contributed by atoms with E-state index in [-0.39, 0.29) is 23.7 Å². The molecule has 2 aromatic rings. The fourth-order valence-electron chi connectivity index (χ4n) is 5.08. The lowest BCUT2D eigenvalue weighted by Crippen LogP contribution is -2.52. The van der Waals surface area contributed by atoms with Crippen LogP contribution in [0, 0.1) is 11.2 Å². The number of carbonyl (C=O) groups is 2. The summed E-state index contributed by atoms with van der Waals surface area (Å²) in [4.78, 5) is 40.9. The first kappa shape index (κ1) is 23.1. The maximum absolute atomic E-state index is 14.2. The smallest absolute Gasteiger partial charge is 0.229 e. The predicted octanol–water partition coefficient (Wildman–Crippen LogP) is 3.22. The van der Waals surface area contributed by atoms with Crippen molar-refractivity contribution in [2.24, 2.45) is 5.41 Å². The van der Waals surface area contributed by atoms with E-state index in [2.05, 4.69) is 4.98 Å². The molecule has 2 saturated heterocycles. The topological polar surface area (TPSA) is 69.6 Å². The van der Waals surface area contributed by atoms with Crippen LogP contribution in [-0.2, 0) is 16.0 Å². The minimum Gasteiger partial charge on any atom is -0.361 e. The van der Waals surface area contributed by atoms with Crippen LogP contribution in [0.5, 0.6) is 0 Å². The number of likely N-dealkylation sites (tertiary alicyclic amines) is 2. The number of nitrogens with zero attached hydrogens (tertiary/aromatic N) is 5. The van der Waals surface area contributed by atoms with Crippen molar-refractivity contribution in [2.45, 2.75) is 45.1 Å². The Hall–Kier alpha value is -3.03. The van der Waals surface area contributed by atoms with E-state index in [9.17, 15) is 14.0 Å². The summed E-state index contributed by atoms with van der Waals surface area (Å²) in [6, 6.07) is 6.30. The van der Waals surface area contributed by atoms with Gasteiger partial charge in [-0.1, -0.05) is 12.1 Å². The Labute approximate surface area is 194 Å². The highest BCUT2D eigenvalue weighted by atomic mass is 19.1. The summed E-state index contributed by atoms with van der Waals surface area (Å²) in [6.45, 7) is 3.36. The van der Waals surface area contributed by atoms with Gasteiger partial charge in [0.1, 0.15) is 11.6 Å². The van der Waals surface area contributed by atoms with Gasteiger partial charge < -0.3 is 14.7 Å². The van der Waals surface area contributed by atoms with Crippen molar-refractivity contribution < 1.29 is 14.0 Å². The van der Waals surface area contributed by atoms with Gasteiger partial charge in [-0.3, -0.25) is 14.6 Å². The molecule has 7 nitrogen and oxygen atoms in total. The van der Waals surface area contributed by atoms with Gasteiger partial charge in [-0.15, -0.1) is 0 Å². The fraction of sp³-hybridized carbons (Fsp3) is 0.520. The van der Waals surface area contributed by atoms with Crippen molar-refractivity contribution in [3.8, 4) is 0 Å². The molecule has 2 aliphatic rings. The second-order valence-electron chi connectivity index (χ2n) is 9.44. The zero-order valence-electron chi connectivity index (χ0n) is 19.6. The predicted molar refractivity (Wildman–Crippen MR) is 124 cm³/mol. The number of anilines is 1. The molecule has 1 aromatic carbocycles. The number of hydrogen-bond acceptors (Lipinski definition) is 5. The summed E-state index contributed by atoms with van der Waals surface area (Å²) in [5.74, 6) is 0.620. The molecule has 4 rings (SSSR count). The van der Waals surface area contributed by atoms with Crippen molar-refractivity contribution in [3.05, 3.63) is 53.7 Å². The molecule has 3 heterocycles. The summed E-state index contributed by atoms with van der Waals surface area (Å²) >= 11 is 0. The second-order valence-corrected chi connectivity index (χ2v) is 9.44. The van der Waals surface area contributed by atoms with Gasteiger partial charge >= 0.3 is 0 Å². The average Bonchev–Trinajstić information content (AvgIpc) is 3.30. The third kappa shape index (κ3) is 4.84. The molecule has 2 fully saturated rings. The maximum atomic E-state index is 14.2. The molecule has 0 aliphatic carbocycles. The molecule has 0 radical (unpaired) electrons. The van der Waals surface area contributed by atoms with Gasteiger partial charge in [-0.25, -0.2) is 9.37 Å². The minimum atomic E-state index is -0.626. The van der Waals surface area contributed by atoms with Crippen molar-refractivity contribution in [3.63, 3.8) is 0 Å². The molecule has 8 heteroatoms. The molecular weight excluding hydrogens is 421 g/mol. The van der Waals surface area contributed by atoms with Crippen molar-refractivity contribution in [1.29, 1.82) is 0 Å². The van der Waals surface area contributed by atoms with Gasteiger partial charge in [0.2, 0.25) is 11.8 Å². The van der Waals surface area contributed by atoms with Gasteiger partial charge in [0.05, 0.1) is 29.5 Å². The maximum Gasteiger partial charge on any atom is 0.229 e. The first-order chi connectivity index (χ1) is 15.8. The third-order valence-electron chi connectivity index (χ3n) is 7.03. The molecule has 2 aliphatic heterocycles. The van der Waals surface area contributed by atoms with E-state index in [1.807, 2.05) is 28.8 Å². The summed E-state index contributed by atoms with van der Waals surface area (Å²) in [5.41, 5.74) is 1.12. The fourth-order valence-corrected chi connectivity index (χ4v) is 5.08. The highest BCUT2D eigenvalue weighted by Crippen LogP contribution is 2.42. The lowest BCUT2D eigenvalue weighted by Gasteiger charge is -2.43. The van der Waals surface area contributed by atoms with Crippen LogP contribution in [0.15, 0.2) is 36.7 Å². The Kier molecular flexibility index (Phi) is 6.63. The number of aromatic nitrogens is 2. The highest BCUT2D eigenvalue weighted by Gasteiger charge is 2.47. The Balaban J connectivity index is 1.63. The standard InChI is InChI=1S/C25H32FN5O2/c1-18(32)30-13-10-25(11-14-30,15-19-6-8-20(26)9-7-19)24(33)31-12-4-5-22(31)21-16-27-17-23(28-21)29(2)3/h6-9,16-17,22H,4-5,10-15H2,1-3H3. The molecule has 1 atom stereocenters. The van der Waals surface area contributed by atoms with Crippen LogP contribution < -0.4 is 4.90 Å². The van der Waals surface area contributed by atoms with Gasteiger partial charge in [0, 0.05) is 40.7 Å². The van der Waals surface area contributed by atoms with E-state index in [0.29, 0.717) is 38.9 Å². The van der Waals surface area contributed by atoms with E-state index >= 15 is 0 Å². The minimum absolute atomic E-state index is 0.0349. The summed E-state index contributed by atoms with van der Waals surface area (Å²) < 4.78 is 13.5. The van der Waals surface area contributed by atoms with Gasteiger partial charge in [-0.2, -0.15) is 0 Å². The molecule has 33 heavy (non-hydrogen) atoms. The first-order valence-electron chi connectivity index (χ1n) is 11.6. The largest absolute Gasteiger partial charge is 0.361 e. The number of carbonyl (C=O) groups excluding carboxylic acids is 2. The van der Waals surface area contributed by atoms with Crippen molar-refractivity contribution in [1.82, 2.24) is 19.8 Å². The van der Waals surface area contributed by atoms with E-state index in [0.717, 1.165) is 29.9 Å². The Bertz CT molecular complexity index is 1000. The second kappa shape index (κ2) is 9.45. The molecule has 0 saturated carbocycles. The Morgan fingerprint density at radius 1 is 1.12 bits per heavy atom. The Morgan fingerprint density at radius 2 is 1.82 bits per heavy atom. The lowest BCUT2D eigenvalue weighted by atomic mass is 9.72. The molecule has 0 N–H and O–H groups in total. The lowest BCUT2D eigenvalue weighted by molar-refractivity contribution is -0.149. The zero-order valence-corrected chi connectivity index (χ0v) is 19.6. The van der Waals surface area contributed by atoms with Crippen LogP contribution in [0.3, 0.4) is 0 Å². The van der Waals surface area contributed by atoms with Crippen LogP contribution in [0.1, 0.15) is 49.9 Å². The van der Waals surface area contributed by atoms with Crippen LogP contribution in [0.25, 0.3) is 0 Å². The number of benzene rings is 1. The van der Waals surface area contributed by atoms with Crippen LogP contribution >= 0.6 is 0 Å². The van der Waals surface area contributed by atoms with Gasteiger partial charge in [0.25, 0.3) is 0 Å². The van der Waals surface area contributed by atoms with E-state index in [4.69, 9.17) is 4.98 Å². The quantitative estimate of drug-likeness (QED) is 0.695. The van der Waals surface area contributed by atoms with E-state index in [1.165, 1.54) is 12.1 Å². The van der Waals surface area contributed by atoms with Crippen molar-refractivity contribution in [2.75, 3.05) is 38.6 Å². The SMILES string of the molecule is CC(=O)N1CCC(Cc2ccc(F)cc2)(C(=O)N2CCCC2c2cncc(N(C)C)n2)CC1. The monoisotopic (exact) mass is 453 g/mol. The Morgan fingerprint density at radius 3 is 2.45 bits per heavy atom.